The topological polar surface area (TPSA) is 68.5 Å². The SMILES string of the molecule is CN(C(=O)CSc1nnc(COc2ccc(Cl)cc2)o1)C(c1ccccc1)c1ccccc1. The number of ether oxygens (including phenoxy) is 1. The molecule has 1 aromatic heterocycles. The Morgan fingerprint density at radius 2 is 1.58 bits per heavy atom. The van der Waals surface area contributed by atoms with Crippen molar-refractivity contribution in [3.63, 3.8) is 0 Å². The molecule has 0 aliphatic rings. The van der Waals surface area contributed by atoms with Crippen molar-refractivity contribution >= 4 is 29.3 Å². The predicted octanol–water partition coefficient (Wildman–Crippen LogP) is 5.64. The fourth-order valence-electron chi connectivity index (χ4n) is 3.31. The van der Waals surface area contributed by atoms with Gasteiger partial charge in [0.05, 0.1) is 11.8 Å². The lowest BCUT2D eigenvalue weighted by Gasteiger charge is -2.29. The minimum absolute atomic E-state index is 0.0464. The number of nitrogens with zero attached hydrogens (tertiary/aromatic N) is 3. The molecule has 1 heterocycles. The van der Waals surface area contributed by atoms with Crippen LogP contribution >= 0.6 is 23.4 Å². The Morgan fingerprint density at radius 3 is 2.18 bits per heavy atom. The average molecular weight is 480 g/mol. The van der Waals surface area contributed by atoms with Gasteiger partial charge in [0, 0.05) is 12.1 Å². The molecule has 0 radical (unpaired) electrons. The maximum atomic E-state index is 13.0. The number of carbonyl (C=O) groups excluding carboxylic acids is 1. The van der Waals surface area contributed by atoms with Crippen LogP contribution in [-0.4, -0.2) is 33.8 Å². The van der Waals surface area contributed by atoms with E-state index in [1.165, 1.54) is 11.8 Å². The molecule has 0 fully saturated rings. The zero-order chi connectivity index (χ0) is 23.0. The highest BCUT2D eigenvalue weighted by Gasteiger charge is 2.24. The van der Waals surface area contributed by atoms with E-state index in [2.05, 4.69) is 10.2 Å². The Bertz CT molecular complexity index is 1130. The van der Waals surface area contributed by atoms with Gasteiger partial charge >= 0.3 is 0 Å². The molecule has 0 unspecified atom stereocenters. The maximum Gasteiger partial charge on any atom is 0.277 e. The van der Waals surface area contributed by atoms with Crippen LogP contribution in [0.5, 0.6) is 5.75 Å². The van der Waals surface area contributed by atoms with Crippen LogP contribution in [0.1, 0.15) is 23.1 Å². The van der Waals surface area contributed by atoms with Gasteiger partial charge < -0.3 is 14.1 Å². The second-order valence-electron chi connectivity index (χ2n) is 7.22. The molecule has 0 bridgehead atoms. The summed E-state index contributed by atoms with van der Waals surface area (Å²) >= 11 is 7.08. The largest absolute Gasteiger partial charge is 0.484 e. The van der Waals surface area contributed by atoms with Gasteiger partial charge in [0.2, 0.25) is 5.91 Å². The van der Waals surface area contributed by atoms with E-state index in [-0.39, 0.29) is 24.3 Å². The van der Waals surface area contributed by atoms with E-state index in [4.69, 9.17) is 20.8 Å². The average Bonchev–Trinajstić information content (AvgIpc) is 3.31. The van der Waals surface area contributed by atoms with Crippen LogP contribution in [0, 0.1) is 0 Å². The summed E-state index contributed by atoms with van der Waals surface area (Å²) in [7, 11) is 1.81. The normalized spacial score (nSPS) is 10.9. The number of thioether (sulfide) groups is 1. The van der Waals surface area contributed by atoms with Crippen LogP contribution in [0.15, 0.2) is 94.6 Å². The molecule has 0 spiro atoms. The minimum atomic E-state index is -0.188. The highest BCUT2D eigenvalue weighted by Crippen LogP contribution is 2.28. The molecule has 0 aliphatic heterocycles. The fraction of sp³-hybridized carbons (Fsp3) is 0.160. The van der Waals surface area contributed by atoms with Gasteiger partial charge in [0.25, 0.3) is 11.1 Å². The van der Waals surface area contributed by atoms with E-state index in [1.807, 2.05) is 67.7 Å². The van der Waals surface area contributed by atoms with E-state index >= 15 is 0 Å². The summed E-state index contributed by atoms with van der Waals surface area (Å²) in [5.74, 6) is 1.11. The van der Waals surface area contributed by atoms with Gasteiger partial charge in [-0.1, -0.05) is 84.0 Å². The molecule has 3 aromatic carbocycles. The van der Waals surface area contributed by atoms with Crippen molar-refractivity contribution in [1.29, 1.82) is 0 Å². The van der Waals surface area contributed by atoms with E-state index in [0.717, 1.165) is 11.1 Å². The monoisotopic (exact) mass is 479 g/mol. The smallest absolute Gasteiger partial charge is 0.277 e. The maximum absolute atomic E-state index is 13.0. The Morgan fingerprint density at radius 1 is 0.970 bits per heavy atom. The number of rotatable bonds is 9. The number of carbonyl (C=O) groups is 1. The van der Waals surface area contributed by atoms with Crippen LogP contribution in [0.25, 0.3) is 0 Å². The molecule has 0 aliphatic carbocycles. The van der Waals surface area contributed by atoms with Gasteiger partial charge in [-0.2, -0.15) is 0 Å². The van der Waals surface area contributed by atoms with Crippen LogP contribution in [0.4, 0.5) is 0 Å². The number of halogens is 1. The predicted molar refractivity (Wildman–Crippen MR) is 128 cm³/mol. The Hall–Kier alpha value is -3.29. The van der Waals surface area contributed by atoms with Gasteiger partial charge in [0.1, 0.15) is 5.75 Å². The first-order chi connectivity index (χ1) is 16.1. The molecule has 0 N–H and O–H groups in total. The van der Waals surface area contributed by atoms with E-state index in [9.17, 15) is 4.79 Å². The summed E-state index contributed by atoms with van der Waals surface area (Å²) in [4.78, 5) is 14.8. The second-order valence-corrected chi connectivity index (χ2v) is 8.58. The highest BCUT2D eigenvalue weighted by molar-refractivity contribution is 7.99. The van der Waals surface area contributed by atoms with Crippen LogP contribution in [0.2, 0.25) is 5.02 Å². The first kappa shape index (κ1) is 22.9. The Balaban J connectivity index is 1.37. The van der Waals surface area contributed by atoms with Crippen molar-refractivity contribution < 1.29 is 13.9 Å². The van der Waals surface area contributed by atoms with Gasteiger partial charge in [-0.25, -0.2) is 0 Å². The summed E-state index contributed by atoms with van der Waals surface area (Å²) in [5.41, 5.74) is 2.09. The van der Waals surface area contributed by atoms with Crippen molar-refractivity contribution in [3.05, 3.63) is 107 Å². The Kier molecular flexibility index (Phi) is 7.65. The van der Waals surface area contributed by atoms with Crippen molar-refractivity contribution in [2.45, 2.75) is 17.9 Å². The lowest BCUT2D eigenvalue weighted by Crippen LogP contribution is -2.33. The molecule has 4 aromatic rings. The zero-order valence-electron chi connectivity index (χ0n) is 17.9. The number of hydrogen-bond acceptors (Lipinski definition) is 6. The van der Waals surface area contributed by atoms with Crippen molar-refractivity contribution in [2.24, 2.45) is 0 Å². The van der Waals surface area contributed by atoms with Crippen molar-refractivity contribution in [2.75, 3.05) is 12.8 Å². The molecule has 1 amide bonds. The van der Waals surface area contributed by atoms with Gasteiger partial charge in [0.15, 0.2) is 6.61 Å². The zero-order valence-corrected chi connectivity index (χ0v) is 19.5. The first-order valence-corrected chi connectivity index (χ1v) is 11.7. The quantitative estimate of drug-likeness (QED) is 0.289. The lowest BCUT2D eigenvalue weighted by atomic mass is 9.97. The Labute approximate surface area is 201 Å². The molecule has 168 valence electrons. The summed E-state index contributed by atoms with van der Waals surface area (Å²) < 4.78 is 11.2. The summed E-state index contributed by atoms with van der Waals surface area (Å²) in [5, 5.41) is 8.95. The molecule has 4 rings (SSSR count). The lowest BCUT2D eigenvalue weighted by molar-refractivity contribution is -0.128. The molecule has 6 nitrogen and oxygen atoms in total. The molecular formula is C25H22ClN3O3S. The van der Waals surface area contributed by atoms with Crippen LogP contribution in [0.3, 0.4) is 0 Å². The number of hydrogen-bond donors (Lipinski definition) is 0. The number of aromatic nitrogens is 2. The molecule has 0 saturated heterocycles. The minimum Gasteiger partial charge on any atom is -0.484 e. The van der Waals surface area contributed by atoms with Gasteiger partial charge in [-0.15, -0.1) is 10.2 Å². The van der Waals surface area contributed by atoms with Crippen LogP contribution < -0.4 is 4.74 Å². The summed E-state index contributed by atoms with van der Waals surface area (Å²) in [6.07, 6.45) is 0. The van der Waals surface area contributed by atoms with Crippen molar-refractivity contribution in [1.82, 2.24) is 15.1 Å². The third-order valence-electron chi connectivity index (χ3n) is 4.95. The van der Waals surface area contributed by atoms with Crippen LogP contribution in [-0.2, 0) is 11.4 Å². The van der Waals surface area contributed by atoms with E-state index in [1.54, 1.807) is 29.2 Å². The van der Waals surface area contributed by atoms with E-state index < -0.39 is 0 Å². The summed E-state index contributed by atoms with van der Waals surface area (Å²) in [6, 6.07) is 26.8. The molecule has 8 heteroatoms. The first-order valence-electron chi connectivity index (χ1n) is 10.3. The molecule has 33 heavy (non-hydrogen) atoms. The number of benzene rings is 3. The van der Waals surface area contributed by atoms with Gasteiger partial charge in [-0.3, -0.25) is 4.79 Å². The van der Waals surface area contributed by atoms with E-state index in [0.29, 0.717) is 21.9 Å². The summed E-state index contributed by atoms with van der Waals surface area (Å²) in [6.45, 7) is 0.132. The molecule has 0 atom stereocenters. The standard InChI is InChI=1S/C25H22ClN3O3S/c1-29(24(18-8-4-2-5-9-18)19-10-6-3-7-11-19)23(30)17-33-25-28-27-22(32-25)16-31-21-14-12-20(26)13-15-21/h2-15,24H,16-17H2,1H3. The molecule has 0 saturated carbocycles. The second kappa shape index (κ2) is 11.0. The third-order valence-corrected chi connectivity index (χ3v) is 6.01. The highest BCUT2D eigenvalue weighted by atomic mass is 35.5. The third kappa shape index (κ3) is 6.15. The fourth-order valence-corrected chi connectivity index (χ4v) is 4.14. The van der Waals surface area contributed by atoms with Crippen molar-refractivity contribution in [3.8, 4) is 5.75 Å². The van der Waals surface area contributed by atoms with Gasteiger partial charge in [-0.05, 0) is 35.4 Å². The molecular weight excluding hydrogens is 458 g/mol. The number of amides is 1.